The number of anilines is 1. The molecule has 2 aromatic rings. The quantitative estimate of drug-likeness (QED) is 0.513. The summed E-state index contributed by atoms with van der Waals surface area (Å²) in [4.78, 5) is 18.4. The minimum Gasteiger partial charge on any atom is -0.383 e. The Morgan fingerprint density at radius 3 is 2.82 bits per heavy atom. The molecule has 0 atom stereocenters. The van der Waals surface area contributed by atoms with Gasteiger partial charge in [0.25, 0.3) is 5.69 Å². The summed E-state index contributed by atoms with van der Waals surface area (Å²) in [5, 5.41) is 10.6. The maximum Gasteiger partial charge on any atom is 0.270 e. The van der Waals surface area contributed by atoms with E-state index in [0.717, 1.165) is 3.57 Å². The number of non-ortho nitro benzene ring substituents is 1. The molecule has 0 unspecified atom stereocenters. The third kappa shape index (κ3) is 2.49. The third-order valence-electron chi connectivity index (χ3n) is 2.09. The first-order chi connectivity index (χ1) is 8.08. The Hall–Kier alpha value is -1.77. The molecule has 0 spiro atoms. The zero-order chi connectivity index (χ0) is 12.4. The van der Waals surface area contributed by atoms with Gasteiger partial charge in [-0.1, -0.05) is 12.1 Å². The van der Waals surface area contributed by atoms with Gasteiger partial charge in [-0.3, -0.25) is 10.1 Å². The van der Waals surface area contributed by atoms with Crippen molar-refractivity contribution in [2.24, 2.45) is 0 Å². The van der Waals surface area contributed by atoms with Crippen LogP contribution in [0.25, 0.3) is 11.4 Å². The second kappa shape index (κ2) is 4.62. The van der Waals surface area contributed by atoms with Crippen LogP contribution in [0.2, 0.25) is 0 Å². The number of hydrogen-bond donors (Lipinski definition) is 1. The van der Waals surface area contributed by atoms with Crippen molar-refractivity contribution in [2.45, 2.75) is 0 Å². The van der Waals surface area contributed by atoms with Gasteiger partial charge in [-0.25, -0.2) is 9.97 Å². The Labute approximate surface area is 110 Å². The van der Waals surface area contributed by atoms with Crippen molar-refractivity contribution >= 4 is 34.1 Å². The van der Waals surface area contributed by atoms with E-state index >= 15 is 0 Å². The molecule has 0 amide bonds. The molecule has 0 saturated heterocycles. The van der Waals surface area contributed by atoms with Crippen LogP contribution in [0, 0.1) is 13.7 Å². The molecule has 0 aliphatic carbocycles. The van der Waals surface area contributed by atoms with Crippen molar-refractivity contribution in [1.29, 1.82) is 0 Å². The lowest BCUT2D eigenvalue weighted by Gasteiger charge is -2.02. The van der Waals surface area contributed by atoms with Gasteiger partial charge in [-0.2, -0.15) is 0 Å². The van der Waals surface area contributed by atoms with Crippen LogP contribution in [0.5, 0.6) is 0 Å². The highest BCUT2D eigenvalue weighted by Gasteiger charge is 2.09. The van der Waals surface area contributed by atoms with Crippen molar-refractivity contribution in [2.75, 3.05) is 5.73 Å². The second-order valence-corrected chi connectivity index (χ2v) is 4.40. The van der Waals surface area contributed by atoms with E-state index in [1.54, 1.807) is 18.3 Å². The average Bonchev–Trinajstić information content (AvgIpc) is 2.33. The predicted molar refractivity (Wildman–Crippen MR) is 71.3 cm³/mol. The standard InChI is InChI=1S/C10H7IN4O2/c11-8-5-13-10(14-9(8)12)6-2-1-3-7(4-6)15(16)17/h1-5H,(H2,12,13,14). The van der Waals surface area contributed by atoms with Crippen molar-refractivity contribution in [3.8, 4) is 11.4 Å². The van der Waals surface area contributed by atoms with Crippen molar-refractivity contribution in [1.82, 2.24) is 9.97 Å². The van der Waals surface area contributed by atoms with Crippen LogP contribution < -0.4 is 5.73 Å². The molecule has 2 rings (SSSR count). The fraction of sp³-hybridized carbons (Fsp3) is 0. The van der Waals surface area contributed by atoms with E-state index in [9.17, 15) is 10.1 Å². The highest BCUT2D eigenvalue weighted by molar-refractivity contribution is 14.1. The molecule has 0 radical (unpaired) electrons. The van der Waals surface area contributed by atoms with Crippen LogP contribution in [0.1, 0.15) is 0 Å². The summed E-state index contributed by atoms with van der Waals surface area (Å²) >= 11 is 2.02. The number of nitro benzene ring substituents is 1. The Morgan fingerprint density at radius 2 is 2.18 bits per heavy atom. The molecule has 86 valence electrons. The molecule has 17 heavy (non-hydrogen) atoms. The first kappa shape index (κ1) is 11.7. The number of nitrogens with zero attached hydrogens (tertiary/aromatic N) is 3. The van der Waals surface area contributed by atoms with E-state index < -0.39 is 4.92 Å². The normalized spacial score (nSPS) is 10.2. The van der Waals surface area contributed by atoms with Gasteiger partial charge in [0.05, 0.1) is 8.49 Å². The number of benzene rings is 1. The van der Waals surface area contributed by atoms with Crippen LogP contribution in [0.3, 0.4) is 0 Å². The third-order valence-corrected chi connectivity index (χ3v) is 2.92. The van der Waals surface area contributed by atoms with Crippen LogP contribution in [0.15, 0.2) is 30.5 Å². The molecule has 0 aliphatic heterocycles. The number of halogens is 1. The molecule has 6 nitrogen and oxygen atoms in total. The smallest absolute Gasteiger partial charge is 0.270 e. The van der Waals surface area contributed by atoms with Gasteiger partial charge in [-0.05, 0) is 22.6 Å². The molecule has 0 fully saturated rings. The summed E-state index contributed by atoms with van der Waals surface area (Å²) in [7, 11) is 0. The SMILES string of the molecule is Nc1nc(-c2cccc([N+](=O)[O-])c2)ncc1I. The molecule has 1 aromatic carbocycles. The summed E-state index contributed by atoms with van der Waals surface area (Å²) in [5.41, 5.74) is 6.24. The number of rotatable bonds is 2. The molecule has 7 heteroatoms. The highest BCUT2D eigenvalue weighted by atomic mass is 127. The molecule has 1 aromatic heterocycles. The summed E-state index contributed by atoms with van der Waals surface area (Å²) in [6.07, 6.45) is 1.58. The van der Waals surface area contributed by atoms with Crippen LogP contribution in [-0.4, -0.2) is 14.9 Å². The minimum absolute atomic E-state index is 0.00298. The van der Waals surface area contributed by atoms with Crippen molar-refractivity contribution < 1.29 is 4.92 Å². The topological polar surface area (TPSA) is 94.9 Å². The molecule has 0 aliphatic rings. The summed E-state index contributed by atoms with van der Waals surface area (Å²) in [6, 6.07) is 6.13. The molecule has 0 bridgehead atoms. The highest BCUT2D eigenvalue weighted by Crippen LogP contribution is 2.22. The van der Waals surface area contributed by atoms with Gasteiger partial charge in [0.1, 0.15) is 5.82 Å². The largest absolute Gasteiger partial charge is 0.383 e. The molecule has 2 N–H and O–H groups in total. The lowest BCUT2D eigenvalue weighted by Crippen LogP contribution is -1.98. The number of hydrogen-bond acceptors (Lipinski definition) is 5. The number of nitro groups is 1. The first-order valence-corrected chi connectivity index (χ1v) is 5.68. The maximum atomic E-state index is 10.6. The van der Waals surface area contributed by atoms with Crippen molar-refractivity contribution in [3.63, 3.8) is 0 Å². The van der Waals surface area contributed by atoms with E-state index in [1.165, 1.54) is 12.1 Å². The average molecular weight is 342 g/mol. The lowest BCUT2D eigenvalue weighted by atomic mass is 10.2. The van der Waals surface area contributed by atoms with Crippen LogP contribution in [0.4, 0.5) is 11.5 Å². The molecule has 1 heterocycles. The molecular formula is C10H7IN4O2. The maximum absolute atomic E-state index is 10.6. The van der Waals surface area contributed by atoms with E-state index in [2.05, 4.69) is 9.97 Å². The van der Waals surface area contributed by atoms with Gasteiger partial charge in [0.15, 0.2) is 5.82 Å². The van der Waals surface area contributed by atoms with E-state index in [4.69, 9.17) is 5.73 Å². The van der Waals surface area contributed by atoms with E-state index in [1.807, 2.05) is 22.6 Å². The number of aromatic nitrogens is 2. The summed E-state index contributed by atoms with van der Waals surface area (Å²) in [6.45, 7) is 0. The Balaban J connectivity index is 2.49. The van der Waals surface area contributed by atoms with Crippen LogP contribution in [-0.2, 0) is 0 Å². The van der Waals surface area contributed by atoms with Gasteiger partial charge in [0.2, 0.25) is 0 Å². The summed E-state index contributed by atoms with van der Waals surface area (Å²) < 4.78 is 0.747. The second-order valence-electron chi connectivity index (χ2n) is 3.23. The fourth-order valence-corrected chi connectivity index (χ4v) is 1.54. The van der Waals surface area contributed by atoms with Gasteiger partial charge >= 0.3 is 0 Å². The van der Waals surface area contributed by atoms with Crippen LogP contribution >= 0.6 is 22.6 Å². The number of nitrogen functional groups attached to an aromatic ring is 1. The first-order valence-electron chi connectivity index (χ1n) is 4.61. The van der Waals surface area contributed by atoms with E-state index in [0.29, 0.717) is 17.2 Å². The zero-order valence-corrected chi connectivity index (χ0v) is 10.7. The zero-order valence-electron chi connectivity index (χ0n) is 8.50. The molecule has 0 saturated carbocycles. The Bertz CT molecular complexity index is 588. The minimum atomic E-state index is -0.459. The van der Waals surface area contributed by atoms with E-state index in [-0.39, 0.29) is 5.69 Å². The summed E-state index contributed by atoms with van der Waals surface area (Å²) in [5.74, 6) is 0.744. The Kier molecular flexibility index (Phi) is 3.18. The van der Waals surface area contributed by atoms with Crippen molar-refractivity contribution in [3.05, 3.63) is 44.1 Å². The lowest BCUT2D eigenvalue weighted by molar-refractivity contribution is -0.384. The van der Waals surface area contributed by atoms with Gasteiger partial charge < -0.3 is 5.73 Å². The van der Waals surface area contributed by atoms with Gasteiger partial charge in [0, 0.05) is 23.9 Å². The predicted octanol–water partition coefficient (Wildman–Crippen LogP) is 2.24. The molecular weight excluding hydrogens is 335 g/mol. The fourth-order valence-electron chi connectivity index (χ4n) is 1.28. The monoisotopic (exact) mass is 342 g/mol. The Morgan fingerprint density at radius 1 is 1.41 bits per heavy atom. The van der Waals surface area contributed by atoms with Gasteiger partial charge in [-0.15, -0.1) is 0 Å². The number of nitrogens with two attached hydrogens (primary N) is 1.